The van der Waals surface area contributed by atoms with Gasteiger partial charge in [0.05, 0.1) is 12.5 Å². The summed E-state index contributed by atoms with van der Waals surface area (Å²) in [6, 6.07) is 8.31. The first-order valence-electron chi connectivity index (χ1n) is 10.8. The van der Waals surface area contributed by atoms with Crippen molar-refractivity contribution < 1.29 is 24.2 Å². The number of aliphatic carboxylic acids is 1. The number of rotatable bonds is 8. The highest BCUT2D eigenvalue weighted by molar-refractivity contribution is 7.15. The molecule has 1 aromatic carbocycles. The van der Waals surface area contributed by atoms with Gasteiger partial charge in [-0.3, -0.25) is 9.59 Å². The van der Waals surface area contributed by atoms with Crippen LogP contribution < -0.4 is 5.32 Å². The van der Waals surface area contributed by atoms with E-state index in [9.17, 15) is 14.4 Å². The Morgan fingerprint density at radius 3 is 2.39 bits per heavy atom. The zero-order valence-corrected chi connectivity index (χ0v) is 18.8. The van der Waals surface area contributed by atoms with Gasteiger partial charge < -0.3 is 15.2 Å². The monoisotopic (exact) mass is 443 g/mol. The second kappa shape index (κ2) is 10.6. The standard InChI is InChI=1S/C24H29NO5S/c1-15(2)30-24(29)22-19(14-31-23(22)25-20(26)12-13-21(27)28)18-10-8-17(9-11-18)16-6-4-3-5-7-16/h8-11,14-16H,3-7,12-13H2,1-2H3,(H,25,26)(H,27,28). The minimum absolute atomic E-state index is 0.155. The van der Waals surface area contributed by atoms with E-state index in [0.29, 0.717) is 22.0 Å². The fraction of sp³-hybridized carbons (Fsp3) is 0.458. The van der Waals surface area contributed by atoms with Crippen LogP contribution in [0.4, 0.5) is 5.00 Å². The molecule has 2 N–H and O–H groups in total. The Bertz CT molecular complexity index is 926. The topological polar surface area (TPSA) is 92.7 Å². The van der Waals surface area contributed by atoms with E-state index in [1.54, 1.807) is 13.8 Å². The van der Waals surface area contributed by atoms with Crippen molar-refractivity contribution >= 4 is 34.2 Å². The number of carbonyl (C=O) groups excluding carboxylic acids is 2. The molecule has 1 aliphatic carbocycles. The fourth-order valence-electron chi connectivity index (χ4n) is 3.92. The van der Waals surface area contributed by atoms with Crippen molar-refractivity contribution in [3.8, 4) is 11.1 Å². The van der Waals surface area contributed by atoms with Crippen LogP contribution in [-0.2, 0) is 14.3 Å². The molecule has 7 heteroatoms. The molecule has 1 aliphatic rings. The predicted octanol–water partition coefficient (Wildman–Crippen LogP) is 5.83. The third-order valence-electron chi connectivity index (χ3n) is 5.46. The van der Waals surface area contributed by atoms with Gasteiger partial charge in [0, 0.05) is 17.4 Å². The molecule has 1 heterocycles. The zero-order valence-electron chi connectivity index (χ0n) is 18.0. The Morgan fingerprint density at radius 1 is 1.10 bits per heavy atom. The largest absolute Gasteiger partial charge is 0.481 e. The smallest absolute Gasteiger partial charge is 0.342 e. The van der Waals surface area contributed by atoms with Crippen LogP contribution in [0.15, 0.2) is 29.6 Å². The fourth-order valence-corrected chi connectivity index (χ4v) is 4.89. The first-order valence-corrected chi connectivity index (χ1v) is 11.7. The molecule has 1 amide bonds. The highest BCUT2D eigenvalue weighted by atomic mass is 32.1. The van der Waals surface area contributed by atoms with Crippen LogP contribution in [-0.4, -0.2) is 29.1 Å². The van der Waals surface area contributed by atoms with Crippen LogP contribution in [0.3, 0.4) is 0 Å². The Kier molecular flexibility index (Phi) is 7.85. The van der Waals surface area contributed by atoms with Gasteiger partial charge in [-0.1, -0.05) is 43.5 Å². The first-order chi connectivity index (χ1) is 14.8. The first kappa shape index (κ1) is 23.0. The lowest BCUT2D eigenvalue weighted by molar-refractivity contribution is -0.138. The van der Waals surface area contributed by atoms with Crippen molar-refractivity contribution in [3.05, 3.63) is 40.8 Å². The third-order valence-corrected chi connectivity index (χ3v) is 6.35. The number of anilines is 1. The van der Waals surface area contributed by atoms with Crippen LogP contribution in [0.5, 0.6) is 0 Å². The van der Waals surface area contributed by atoms with Gasteiger partial charge in [0.1, 0.15) is 10.6 Å². The summed E-state index contributed by atoms with van der Waals surface area (Å²) in [6.45, 7) is 3.54. The van der Waals surface area contributed by atoms with Crippen molar-refractivity contribution in [1.29, 1.82) is 0 Å². The summed E-state index contributed by atoms with van der Waals surface area (Å²) in [6.07, 6.45) is 5.57. The number of esters is 1. The van der Waals surface area contributed by atoms with E-state index >= 15 is 0 Å². The van der Waals surface area contributed by atoms with E-state index in [2.05, 4.69) is 17.4 Å². The molecule has 0 unspecified atom stereocenters. The maximum atomic E-state index is 12.8. The minimum Gasteiger partial charge on any atom is -0.481 e. The average Bonchev–Trinajstić information content (AvgIpc) is 3.16. The molecule has 1 fully saturated rings. The van der Waals surface area contributed by atoms with Gasteiger partial charge in [0.25, 0.3) is 0 Å². The van der Waals surface area contributed by atoms with Crippen molar-refractivity contribution in [1.82, 2.24) is 0 Å². The molecule has 6 nitrogen and oxygen atoms in total. The summed E-state index contributed by atoms with van der Waals surface area (Å²) in [4.78, 5) is 35.7. The van der Waals surface area contributed by atoms with Crippen molar-refractivity contribution in [3.63, 3.8) is 0 Å². The number of ether oxygens (including phenoxy) is 1. The Morgan fingerprint density at radius 2 is 1.77 bits per heavy atom. The lowest BCUT2D eigenvalue weighted by Gasteiger charge is -2.22. The maximum Gasteiger partial charge on any atom is 0.342 e. The highest BCUT2D eigenvalue weighted by Gasteiger charge is 2.24. The van der Waals surface area contributed by atoms with E-state index in [0.717, 1.165) is 5.56 Å². The number of thiophene rings is 1. The van der Waals surface area contributed by atoms with Crippen molar-refractivity contribution in [2.24, 2.45) is 0 Å². The third kappa shape index (κ3) is 6.17. The zero-order chi connectivity index (χ0) is 22.4. The molecule has 166 valence electrons. The predicted molar refractivity (Wildman–Crippen MR) is 122 cm³/mol. The number of hydrogen-bond acceptors (Lipinski definition) is 5. The molecule has 1 aromatic heterocycles. The van der Waals surface area contributed by atoms with E-state index in [1.165, 1.54) is 49.0 Å². The molecule has 1 saturated carbocycles. The quantitative estimate of drug-likeness (QED) is 0.501. The number of hydrogen-bond donors (Lipinski definition) is 2. The number of carboxylic acid groups (broad SMARTS) is 1. The van der Waals surface area contributed by atoms with Gasteiger partial charge in [-0.2, -0.15) is 0 Å². The average molecular weight is 444 g/mol. The lowest BCUT2D eigenvalue weighted by Crippen LogP contribution is -2.17. The number of amides is 1. The van der Waals surface area contributed by atoms with Crippen molar-refractivity contribution in [2.45, 2.75) is 70.8 Å². The minimum atomic E-state index is -1.04. The Balaban J connectivity index is 1.86. The van der Waals surface area contributed by atoms with Gasteiger partial charge in [0.15, 0.2) is 0 Å². The highest BCUT2D eigenvalue weighted by Crippen LogP contribution is 2.38. The summed E-state index contributed by atoms with van der Waals surface area (Å²) in [5.74, 6) is -1.39. The van der Waals surface area contributed by atoms with E-state index in [-0.39, 0.29) is 18.9 Å². The summed E-state index contributed by atoms with van der Waals surface area (Å²) in [7, 11) is 0. The van der Waals surface area contributed by atoms with Crippen LogP contribution in [0.25, 0.3) is 11.1 Å². The van der Waals surface area contributed by atoms with E-state index < -0.39 is 17.8 Å². The number of nitrogens with one attached hydrogen (secondary N) is 1. The molecule has 2 aromatic rings. The van der Waals surface area contributed by atoms with Gasteiger partial charge in [-0.05, 0) is 43.7 Å². The van der Waals surface area contributed by atoms with Crippen LogP contribution in [0.1, 0.15) is 80.6 Å². The van der Waals surface area contributed by atoms with Crippen LogP contribution in [0, 0.1) is 0 Å². The summed E-state index contributed by atoms with van der Waals surface area (Å²) in [5.41, 5.74) is 3.23. The maximum absolute atomic E-state index is 12.8. The number of carboxylic acids is 1. The molecule has 0 bridgehead atoms. The normalized spacial score (nSPS) is 14.4. The molecule has 31 heavy (non-hydrogen) atoms. The van der Waals surface area contributed by atoms with E-state index in [1.807, 2.05) is 17.5 Å². The van der Waals surface area contributed by atoms with Gasteiger partial charge in [-0.15, -0.1) is 11.3 Å². The molecule has 0 spiro atoms. The lowest BCUT2D eigenvalue weighted by atomic mass is 9.83. The van der Waals surface area contributed by atoms with Crippen LogP contribution in [0.2, 0.25) is 0 Å². The second-order valence-corrected chi connectivity index (χ2v) is 9.09. The molecule has 0 saturated heterocycles. The second-order valence-electron chi connectivity index (χ2n) is 8.21. The molecule has 0 atom stereocenters. The Labute approximate surface area is 186 Å². The van der Waals surface area contributed by atoms with Gasteiger partial charge >= 0.3 is 11.9 Å². The summed E-state index contributed by atoms with van der Waals surface area (Å²) >= 11 is 1.24. The molecule has 3 rings (SSSR count). The molecular weight excluding hydrogens is 414 g/mol. The van der Waals surface area contributed by atoms with Crippen LogP contribution >= 0.6 is 11.3 Å². The summed E-state index contributed by atoms with van der Waals surface area (Å²) in [5, 5.41) is 13.7. The van der Waals surface area contributed by atoms with Gasteiger partial charge in [-0.25, -0.2) is 4.79 Å². The van der Waals surface area contributed by atoms with Gasteiger partial charge in [0.2, 0.25) is 5.91 Å². The Hall–Kier alpha value is -2.67. The number of benzene rings is 1. The van der Waals surface area contributed by atoms with E-state index in [4.69, 9.17) is 9.84 Å². The molecule has 0 aliphatic heterocycles. The number of carbonyl (C=O) groups is 3. The summed E-state index contributed by atoms with van der Waals surface area (Å²) < 4.78 is 5.42. The SMILES string of the molecule is CC(C)OC(=O)c1c(-c2ccc(C3CCCCC3)cc2)csc1NC(=O)CCC(=O)O. The molecule has 0 radical (unpaired) electrons. The molecular formula is C24H29NO5S. The van der Waals surface area contributed by atoms with Crippen molar-refractivity contribution in [2.75, 3.05) is 5.32 Å².